The highest BCUT2D eigenvalue weighted by molar-refractivity contribution is 5.32. The van der Waals surface area contributed by atoms with Gasteiger partial charge in [-0.25, -0.2) is 9.97 Å². The smallest absolute Gasteiger partial charge is 0.225 e. The second kappa shape index (κ2) is 4.14. The van der Waals surface area contributed by atoms with Crippen LogP contribution in [0.5, 0.6) is 0 Å². The molecular weight excluding hydrogens is 190 g/mol. The maximum Gasteiger partial charge on any atom is 0.225 e. The normalized spacial score (nSPS) is 26.7. The minimum Gasteiger partial charge on any atom is -0.375 e. The molecule has 1 aliphatic heterocycles. The molecule has 1 fully saturated rings. The Labute approximate surface area is 90.3 Å². The van der Waals surface area contributed by atoms with Crippen LogP contribution in [0.2, 0.25) is 0 Å². The minimum atomic E-state index is 0.239. The number of aryl methyl sites for hydroxylation is 1. The standard InChI is InChI=1S/C11H17N3O/c1-8-6-12-11(13-7-8)14-4-5-15-10(3)9(14)2/h6-7,9-10H,4-5H2,1-3H3. The second-order valence-electron chi connectivity index (χ2n) is 4.07. The van der Waals surface area contributed by atoms with Gasteiger partial charge < -0.3 is 9.64 Å². The molecule has 0 N–H and O–H groups in total. The summed E-state index contributed by atoms with van der Waals surface area (Å²) in [6.45, 7) is 7.85. The number of hydrogen-bond donors (Lipinski definition) is 0. The fourth-order valence-corrected chi connectivity index (χ4v) is 1.75. The summed E-state index contributed by atoms with van der Waals surface area (Å²) in [6, 6.07) is 0.335. The molecule has 1 aromatic heterocycles. The number of aromatic nitrogens is 2. The quantitative estimate of drug-likeness (QED) is 0.697. The third-order valence-electron chi connectivity index (χ3n) is 2.91. The van der Waals surface area contributed by atoms with Crippen LogP contribution in [-0.2, 0) is 4.74 Å². The van der Waals surface area contributed by atoms with Crippen molar-refractivity contribution in [1.29, 1.82) is 0 Å². The summed E-state index contributed by atoms with van der Waals surface area (Å²) < 4.78 is 5.57. The van der Waals surface area contributed by atoms with Crippen LogP contribution in [0.1, 0.15) is 19.4 Å². The van der Waals surface area contributed by atoms with Crippen LogP contribution in [0.15, 0.2) is 12.4 Å². The number of nitrogens with zero attached hydrogens (tertiary/aromatic N) is 3. The summed E-state index contributed by atoms with van der Waals surface area (Å²) in [6.07, 6.45) is 3.95. The van der Waals surface area contributed by atoms with Crippen molar-refractivity contribution >= 4 is 5.95 Å². The first-order valence-corrected chi connectivity index (χ1v) is 5.35. The van der Waals surface area contributed by atoms with E-state index in [1.807, 2.05) is 19.3 Å². The molecule has 0 amide bonds. The molecule has 2 rings (SSSR count). The van der Waals surface area contributed by atoms with Crippen molar-refractivity contribution in [3.05, 3.63) is 18.0 Å². The molecule has 1 saturated heterocycles. The molecular formula is C11H17N3O. The maximum absolute atomic E-state index is 5.57. The molecule has 0 bridgehead atoms. The van der Waals surface area contributed by atoms with E-state index >= 15 is 0 Å². The number of hydrogen-bond acceptors (Lipinski definition) is 4. The highest BCUT2D eigenvalue weighted by atomic mass is 16.5. The summed E-state index contributed by atoms with van der Waals surface area (Å²) in [7, 11) is 0. The van der Waals surface area contributed by atoms with Gasteiger partial charge in [-0.1, -0.05) is 0 Å². The molecule has 4 heteroatoms. The van der Waals surface area contributed by atoms with Gasteiger partial charge in [-0.3, -0.25) is 0 Å². The van der Waals surface area contributed by atoms with Gasteiger partial charge in [-0.05, 0) is 26.3 Å². The maximum atomic E-state index is 5.57. The molecule has 2 heterocycles. The van der Waals surface area contributed by atoms with E-state index in [1.165, 1.54) is 0 Å². The SMILES string of the molecule is Cc1cnc(N2CCOC(C)C2C)nc1. The van der Waals surface area contributed by atoms with E-state index < -0.39 is 0 Å². The largest absolute Gasteiger partial charge is 0.375 e. The van der Waals surface area contributed by atoms with E-state index in [4.69, 9.17) is 4.74 Å². The van der Waals surface area contributed by atoms with E-state index in [0.717, 1.165) is 24.7 Å². The number of ether oxygens (including phenoxy) is 1. The highest BCUT2D eigenvalue weighted by Gasteiger charge is 2.26. The average molecular weight is 207 g/mol. The Balaban J connectivity index is 2.18. The zero-order valence-corrected chi connectivity index (χ0v) is 9.47. The van der Waals surface area contributed by atoms with Gasteiger partial charge in [-0.2, -0.15) is 0 Å². The van der Waals surface area contributed by atoms with Gasteiger partial charge in [0.15, 0.2) is 0 Å². The predicted molar refractivity (Wildman–Crippen MR) is 59.0 cm³/mol. The lowest BCUT2D eigenvalue weighted by molar-refractivity contribution is 0.0277. The van der Waals surface area contributed by atoms with Crippen LogP contribution in [0.3, 0.4) is 0 Å². The van der Waals surface area contributed by atoms with Crippen molar-refractivity contribution in [2.75, 3.05) is 18.1 Å². The fourth-order valence-electron chi connectivity index (χ4n) is 1.75. The van der Waals surface area contributed by atoms with E-state index in [0.29, 0.717) is 6.04 Å². The summed E-state index contributed by atoms with van der Waals surface area (Å²) >= 11 is 0. The predicted octanol–water partition coefficient (Wildman–Crippen LogP) is 1.40. The van der Waals surface area contributed by atoms with Crippen molar-refractivity contribution in [3.8, 4) is 0 Å². The van der Waals surface area contributed by atoms with Crippen LogP contribution >= 0.6 is 0 Å². The Kier molecular flexibility index (Phi) is 2.86. The Bertz CT molecular complexity index is 325. The molecule has 0 spiro atoms. The summed E-state index contributed by atoms with van der Waals surface area (Å²) in [4.78, 5) is 10.9. The molecule has 2 atom stereocenters. The van der Waals surface area contributed by atoms with Gasteiger partial charge in [0.25, 0.3) is 0 Å². The lowest BCUT2D eigenvalue weighted by Crippen LogP contribution is -2.49. The van der Waals surface area contributed by atoms with Crippen molar-refractivity contribution in [2.45, 2.75) is 32.9 Å². The number of morpholine rings is 1. The molecule has 1 aliphatic rings. The van der Waals surface area contributed by atoms with Gasteiger partial charge in [0, 0.05) is 18.9 Å². The van der Waals surface area contributed by atoms with Crippen molar-refractivity contribution in [3.63, 3.8) is 0 Å². The fraction of sp³-hybridized carbons (Fsp3) is 0.636. The van der Waals surface area contributed by atoms with E-state index in [2.05, 4.69) is 28.7 Å². The number of rotatable bonds is 1. The topological polar surface area (TPSA) is 38.2 Å². The molecule has 2 unspecified atom stereocenters. The van der Waals surface area contributed by atoms with Crippen LogP contribution in [0, 0.1) is 6.92 Å². The molecule has 0 saturated carbocycles. The van der Waals surface area contributed by atoms with E-state index in [9.17, 15) is 0 Å². The van der Waals surface area contributed by atoms with Gasteiger partial charge in [-0.15, -0.1) is 0 Å². The molecule has 15 heavy (non-hydrogen) atoms. The molecule has 1 aromatic rings. The lowest BCUT2D eigenvalue weighted by Gasteiger charge is -2.37. The van der Waals surface area contributed by atoms with Gasteiger partial charge in [0.05, 0.1) is 18.8 Å². The summed E-state index contributed by atoms with van der Waals surface area (Å²) in [5.41, 5.74) is 1.09. The van der Waals surface area contributed by atoms with E-state index in [-0.39, 0.29) is 6.10 Å². The molecule has 0 aromatic carbocycles. The Hall–Kier alpha value is -1.16. The lowest BCUT2D eigenvalue weighted by atomic mass is 10.1. The van der Waals surface area contributed by atoms with Gasteiger partial charge in [0.2, 0.25) is 5.95 Å². The third-order valence-corrected chi connectivity index (χ3v) is 2.91. The van der Waals surface area contributed by atoms with Gasteiger partial charge >= 0.3 is 0 Å². The Morgan fingerprint density at radius 3 is 2.67 bits per heavy atom. The number of anilines is 1. The second-order valence-corrected chi connectivity index (χ2v) is 4.07. The minimum absolute atomic E-state index is 0.239. The average Bonchev–Trinajstić information content (AvgIpc) is 2.24. The highest BCUT2D eigenvalue weighted by Crippen LogP contribution is 2.18. The Morgan fingerprint density at radius 2 is 2.00 bits per heavy atom. The van der Waals surface area contributed by atoms with Crippen LogP contribution in [0.25, 0.3) is 0 Å². The molecule has 0 radical (unpaired) electrons. The van der Waals surface area contributed by atoms with Gasteiger partial charge in [0.1, 0.15) is 0 Å². The Morgan fingerprint density at radius 1 is 1.33 bits per heavy atom. The third kappa shape index (κ3) is 2.09. The first-order chi connectivity index (χ1) is 7.18. The zero-order valence-electron chi connectivity index (χ0n) is 9.47. The van der Waals surface area contributed by atoms with Crippen LogP contribution in [0.4, 0.5) is 5.95 Å². The van der Waals surface area contributed by atoms with E-state index in [1.54, 1.807) is 0 Å². The first kappa shape index (κ1) is 10.4. The molecule has 4 nitrogen and oxygen atoms in total. The molecule has 82 valence electrons. The van der Waals surface area contributed by atoms with Crippen molar-refractivity contribution < 1.29 is 4.74 Å². The monoisotopic (exact) mass is 207 g/mol. The molecule has 0 aliphatic carbocycles. The van der Waals surface area contributed by atoms with Crippen LogP contribution in [-0.4, -0.2) is 35.3 Å². The zero-order chi connectivity index (χ0) is 10.8. The van der Waals surface area contributed by atoms with Crippen molar-refractivity contribution in [2.24, 2.45) is 0 Å². The van der Waals surface area contributed by atoms with Crippen LogP contribution < -0.4 is 4.90 Å². The summed E-state index contributed by atoms with van der Waals surface area (Å²) in [5.74, 6) is 0.809. The first-order valence-electron chi connectivity index (χ1n) is 5.35. The van der Waals surface area contributed by atoms with Crippen molar-refractivity contribution in [1.82, 2.24) is 9.97 Å². The summed E-state index contributed by atoms with van der Waals surface area (Å²) in [5, 5.41) is 0.